The number of aryl methyl sites for hydroxylation is 2. The number of hydrogen-bond acceptors (Lipinski definition) is 5. The second-order valence-electron chi connectivity index (χ2n) is 6.81. The number of carbonyl (C=O) groups is 1. The predicted molar refractivity (Wildman–Crippen MR) is 92.4 cm³/mol. The van der Waals surface area contributed by atoms with Crippen molar-refractivity contribution in [3.05, 3.63) is 35.7 Å². The third kappa shape index (κ3) is 2.76. The zero-order valence-corrected chi connectivity index (χ0v) is 14.9. The Morgan fingerprint density at radius 1 is 1.28 bits per heavy atom. The summed E-state index contributed by atoms with van der Waals surface area (Å²) in [5.41, 5.74) is 2.39. The molecular weight excluding hydrogens is 318 g/mol. The minimum absolute atomic E-state index is 0.158. The molecule has 0 aliphatic carbocycles. The molecule has 1 atom stereocenters. The lowest BCUT2D eigenvalue weighted by Crippen LogP contribution is -2.52. The molecule has 0 fully saturated rings. The van der Waals surface area contributed by atoms with Crippen LogP contribution in [0.2, 0.25) is 0 Å². The van der Waals surface area contributed by atoms with Gasteiger partial charge >= 0.3 is 0 Å². The van der Waals surface area contributed by atoms with Gasteiger partial charge < -0.3 is 9.47 Å². The van der Waals surface area contributed by atoms with E-state index in [1.807, 2.05) is 42.9 Å². The van der Waals surface area contributed by atoms with Crippen LogP contribution in [0.4, 0.5) is 0 Å². The summed E-state index contributed by atoms with van der Waals surface area (Å²) in [6.07, 6.45) is 4.82. The van der Waals surface area contributed by atoms with Crippen molar-refractivity contribution in [1.82, 2.24) is 34.3 Å². The van der Waals surface area contributed by atoms with Crippen molar-refractivity contribution in [1.29, 1.82) is 0 Å². The molecule has 4 heterocycles. The molecule has 0 radical (unpaired) electrons. The maximum atomic E-state index is 13.0. The summed E-state index contributed by atoms with van der Waals surface area (Å²) in [5.74, 6) is 1.99. The van der Waals surface area contributed by atoms with E-state index in [0.29, 0.717) is 19.6 Å². The van der Waals surface area contributed by atoms with E-state index in [2.05, 4.69) is 30.8 Å². The highest BCUT2D eigenvalue weighted by Gasteiger charge is 2.34. The number of likely N-dealkylation sites (N-methyl/N-ethyl adjacent to an activating group) is 1. The van der Waals surface area contributed by atoms with E-state index in [1.54, 1.807) is 0 Å². The first-order chi connectivity index (χ1) is 12.0. The lowest BCUT2D eigenvalue weighted by atomic mass is 10.0. The molecule has 1 unspecified atom stereocenters. The van der Waals surface area contributed by atoms with Gasteiger partial charge in [0.1, 0.15) is 17.7 Å². The number of fused-ring (bicyclic) bond motifs is 1. The molecule has 0 saturated carbocycles. The Balaban J connectivity index is 1.48. The van der Waals surface area contributed by atoms with Crippen LogP contribution in [0.1, 0.15) is 23.8 Å². The van der Waals surface area contributed by atoms with Gasteiger partial charge in [-0.15, -0.1) is 10.2 Å². The molecule has 2 aromatic heterocycles. The molecule has 2 aliphatic rings. The van der Waals surface area contributed by atoms with Gasteiger partial charge in [0, 0.05) is 26.3 Å². The SMILES string of the molecule is Cc1nnc2n1CC(C(=O)N1CC=C(c3ccnn3C)CC1)N(C)C2. The van der Waals surface area contributed by atoms with Crippen molar-refractivity contribution in [2.45, 2.75) is 32.5 Å². The van der Waals surface area contributed by atoms with Crippen LogP contribution in [-0.2, 0) is 24.9 Å². The van der Waals surface area contributed by atoms with Gasteiger partial charge in [-0.3, -0.25) is 14.4 Å². The number of hydrogen-bond donors (Lipinski definition) is 0. The zero-order chi connectivity index (χ0) is 17.6. The standard InChI is InChI=1S/C17H23N7O/c1-12-19-20-16-11-21(2)15(10-24(12)16)17(25)23-8-5-13(6-9-23)14-4-7-18-22(14)3/h4-5,7,15H,6,8-11H2,1-3H3. The summed E-state index contributed by atoms with van der Waals surface area (Å²) in [6.45, 7) is 4.61. The number of amides is 1. The first-order valence-corrected chi connectivity index (χ1v) is 8.59. The van der Waals surface area contributed by atoms with E-state index >= 15 is 0 Å². The number of aromatic nitrogens is 5. The molecule has 25 heavy (non-hydrogen) atoms. The van der Waals surface area contributed by atoms with Gasteiger partial charge in [0.05, 0.1) is 18.8 Å². The molecule has 2 aromatic rings. The highest BCUT2D eigenvalue weighted by atomic mass is 16.2. The molecule has 0 N–H and O–H groups in total. The maximum Gasteiger partial charge on any atom is 0.242 e. The average molecular weight is 341 g/mol. The minimum atomic E-state index is -0.158. The van der Waals surface area contributed by atoms with Crippen molar-refractivity contribution in [2.75, 3.05) is 20.1 Å². The van der Waals surface area contributed by atoms with Gasteiger partial charge in [-0.25, -0.2) is 0 Å². The summed E-state index contributed by atoms with van der Waals surface area (Å²) < 4.78 is 3.94. The largest absolute Gasteiger partial charge is 0.337 e. The van der Waals surface area contributed by atoms with Crippen LogP contribution < -0.4 is 0 Å². The third-order valence-corrected chi connectivity index (χ3v) is 5.25. The molecule has 2 aliphatic heterocycles. The molecule has 0 aromatic carbocycles. The predicted octanol–water partition coefficient (Wildman–Crippen LogP) is 0.450. The molecular formula is C17H23N7O. The normalized spacial score (nSPS) is 21.2. The van der Waals surface area contributed by atoms with E-state index in [1.165, 1.54) is 5.57 Å². The fourth-order valence-corrected chi connectivity index (χ4v) is 3.69. The highest BCUT2D eigenvalue weighted by molar-refractivity contribution is 5.83. The van der Waals surface area contributed by atoms with E-state index in [4.69, 9.17) is 0 Å². The minimum Gasteiger partial charge on any atom is -0.337 e. The second-order valence-corrected chi connectivity index (χ2v) is 6.81. The molecule has 4 rings (SSSR count). The van der Waals surface area contributed by atoms with E-state index in [0.717, 1.165) is 30.3 Å². The molecule has 8 nitrogen and oxygen atoms in total. The van der Waals surface area contributed by atoms with Crippen molar-refractivity contribution >= 4 is 11.5 Å². The quantitative estimate of drug-likeness (QED) is 0.793. The number of nitrogens with zero attached hydrogens (tertiary/aromatic N) is 7. The molecule has 0 saturated heterocycles. The van der Waals surface area contributed by atoms with Crippen LogP contribution in [0, 0.1) is 6.92 Å². The summed E-state index contributed by atoms with van der Waals surface area (Å²) in [5, 5.41) is 12.5. The molecule has 1 amide bonds. The van der Waals surface area contributed by atoms with Gasteiger partial charge in [-0.1, -0.05) is 6.08 Å². The van der Waals surface area contributed by atoms with E-state index in [-0.39, 0.29) is 11.9 Å². The lowest BCUT2D eigenvalue weighted by Gasteiger charge is -2.36. The summed E-state index contributed by atoms with van der Waals surface area (Å²) in [4.78, 5) is 17.1. The fraction of sp³-hybridized carbons (Fsp3) is 0.529. The van der Waals surface area contributed by atoms with Crippen molar-refractivity contribution in [2.24, 2.45) is 7.05 Å². The van der Waals surface area contributed by atoms with Crippen LogP contribution in [0.5, 0.6) is 0 Å². The van der Waals surface area contributed by atoms with Crippen molar-refractivity contribution in [3.8, 4) is 0 Å². The molecule has 0 bridgehead atoms. The first-order valence-electron chi connectivity index (χ1n) is 8.59. The van der Waals surface area contributed by atoms with Crippen LogP contribution in [-0.4, -0.2) is 66.4 Å². The Kier molecular flexibility index (Phi) is 3.91. The average Bonchev–Trinajstić information content (AvgIpc) is 3.20. The molecule has 8 heteroatoms. The van der Waals surface area contributed by atoms with Crippen molar-refractivity contribution < 1.29 is 4.79 Å². The topological polar surface area (TPSA) is 72.1 Å². The van der Waals surface area contributed by atoms with Gasteiger partial charge in [-0.2, -0.15) is 5.10 Å². The lowest BCUT2D eigenvalue weighted by molar-refractivity contribution is -0.137. The number of carbonyl (C=O) groups excluding carboxylic acids is 1. The van der Waals surface area contributed by atoms with Gasteiger partial charge in [0.2, 0.25) is 5.91 Å². The monoisotopic (exact) mass is 341 g/mol. The summed E-state index contributed by atoms with van der Waals surface area (Å²) >= 11 is 0. The van der Waals surface area contributed by atoms with E-state index < -0.39 is 0 Å². The Bertz CT molecular complexity index is 834. The Labute approximate surface area is 146 Å². The van der Waals surface area contributed by atoms with Gasteiger partial charge in [0.25, 0.3) is 0 Å². The summed E-state index contributed by atoms with van der Waals surface area (Å²) in [6, 6.07) is 1.86. The van der Waals surface area contributed by atoms with Gasteiger partial charge in [-0.05, 0) is 32.0 Å². The van der Waals surface area contributed by atoms with Crippen LogP contribution >= 0.6 is 0 Å². The van der Waals surface area contributed by atoms with Crippen molar-refractivity contribution in [3.63, 3.8) is 0 Å². The number of rotatable bonds is 2. The fourth-order valence-electron chi connectivity index (χ4n) is 3.69. The van der Waals surface area contributed by atoms with E-state index in [9.17, 15) is 4.79 Å². The highest BCUT2D eigenvalue weighted by Crippen LogP contribution is 2.24. The van der Waals surface area contributed by atoms with Crippen LogP contribution in [0.25, 0.3) is 5.57 Å². The Hall–Kier alpha value is -2.48. The first kappa shape index (κ1) is 16.0. The maximum absolute atomic E-state index is 13.0. The zero-order valence-electron chi connectivity index (χ0n) is 14.9. The third-order valence-electron chi connectivity index (χ3n) is 5.25. The second kappa shape index (κ2) is 6.11. The summed E-state index contributed by atoms with van der Waals surface area (Å²) in [7, 11) is 3.93. The molecule has 0 spiro atoms. The molecule has 132 valence electrons. The smallest absolute Gasteiger partial charge is 0.242 e. The Morgan fingerprint density at radius 2 is 2.12 bits per heavy atom. The Morgan fingerprint density at radius 3 is 2.80 bits per heavy atom. The van der Waals surface area contributed by atoms with Gasteiger partial charge in [0.15, 0.2) is 0 Å². The van der Waals surface area contributed by atoms with Crippen LogP contribution in [0.3, 0.4) is 0 Å². The van der Waals surface area contributed by atoms with Crippen LogP contribution in [0.15, 0.2) is 18.3 Å².